The van der Waals surface area contributed by atoms with Gasteiger partial charge in [-0.2, -0.15) is 0 Å². The van der Waals surface area contributed by atoms with Crippen LogP contribution in [0.3, 0.4) is 0 Å². The number of nitro groups is 1. The molecule has 9 heteroatoms. The highest BCUT2D eigenvalue weighted by molar-refractivity contribution is 6.31. The highest BCUT2D eigenvalue weighted by Crippen LogP contribution is 2.28. The number of carbonyl (C=O) groups is 1. The summed E-state index contributed by atoms with van der Waals surface area (Å²) in [6, 6.07) is 12.6. The molecular weight excluding hydrogens is 432 g/mol. The van der Waals surface area contributed by atoms with E-state index in [1.54, 1.807) is 7.11 Å². The zero-order chi connectivity index (χ0) is 23.1. The number of rotatable bonds is 9. The Balaban J connectivity index is 1.56. The number of carbonyl (C=O) groups excluding carboxylic acids is 1. The zero-order valence-electron chi connectivity index (χ0n) is 18.4. The lowest BCUT2D eigenvalue weighted by atomic mass is 10.1. The third kappa shape index (κ3) is 6.41. The van der Waals surface area contributed by atoms with Gasteiger partial charge in [0.25, 0.3) is 5.69 Å². The zero-order valence-corrected chi connectivity index (χ0v) is 19.2. The number of likely N-dealkylation sites (N-methyl/N-ethyl adjacent to an activating group) is 1. The first-order valence-corrected chi connectivity index (χ1v) is 11.1. The molecule has 172 valence electrons. The van der Waals surface area contributed by atoms with Gasteiger partial charge in [-0.1, -0.05) is 30.7 Å². The minimum atomic E-state index is -0.557. The molecule has 1 fully saturated rings. The molecule has 3 rings (SSSR count). The number of hydrogen-bond acceptors (Lipinski definition) is 6. The first kappa shape index (κ1) is 24.0. The van der Waals surface area contributed by atoms with Crippen molar-refractivity contribution in [1.82, 2.24) is 4.90 Å². The molecule has 0 aliphatic carbocycles. The van der Waals surface area contributed by atoms with Gasteiger partial charge < -0.3 is 15.0 Å². The SMILES string of the molecule is CCN(CC(=O)Nc1ccc(Cl)cc1[N+](=O)[O-])Cc1ccc(N2CCC(OC)CC2)cc1. The second-order valence-electron chi connectivity index (χ2n) is 7.86. The fourth-order valence-electron chi connectivity index (χ4n) is 3.85. The van der Waals surface area contributed by atoms with Crippen LogP contribution in [0.1, 0.15) is 25.3 Å². The van der Waals surface area contributed by atoms with Gasteiger partial charge in [0.1, 0.15) is 5.69 Å². The lowest BCUT2D eigenvalue weighted by Crippen LogP contribution is -2.36. The van der Waals surface area contributed by atoms with Crippen LogP contribution in [-0.2, 0) is 16.1 Å². The summed E-state index contributed by atoms with van der Waals surface area (Å²) in [5.74, 6) is -0.310. The summed E-state index contributed by atoms with van der Waals surface area (Å²) < 4.78 is 5.44. The summed E-state index contributed by atoms with van der Waals surface area (Å²) in [6.07, 6.45) is 2.41. The van der Waals surface area contributed by atoms with Crippen molar-refractivity contribution in [3.8, 4) is 0 Å². The quantitative estimate of drug-likeness (QED) is 0.442. The second kappa shape index (κ2) is 11.3. The summed E-state index contributed by atoms with van der Waals surface area (Å²) in [5.41, 5.74) is 2.22. The molecule has 1 saturated heterocycles. The fourth-order valence-corrected chi connectivity index (χ4v) is 4.02. The van der Waals surface area contributed by atoms with Crippen molar-refractivity contribution in [3.63, 3.8) is 0 Å². The Hall–Kier alpha value is -2.68. The van der Waals surface area contributed by atoms with E-state index in [0.717, 1.165) is 31.5 Å². The first-order chi connectivity index (χ1) is 15.4. The summed E-state index contributed by atoms with van der Waals surface area (Å²) in [4.78, 5) is 27.5. The van der Waals surface area contributed by atoms with E-state index in [1.807, 2.05) is 11.8 Å². The van der Waals surface area contributed by atoms with Crippen molar-refractivity contribution in [2.45, 2.75) is 32.4 Å². The van der Waals surface area contributed by atoms with Crippen LogP contribution in [0.2, 0.25) is 5.02 Å². The summed E-state index contributed by atoms with van der Waals surface area (Å²) in [5, 5.41) is 14.1. The average molecular weight is 461 g/mol. The Kier molecular flexibility index (Phi) is 8.44. The van der Waals surface area contributed by atoms with E-state index in [-0.39, 0.29) is 28.8 Å². The Morgan fingerprint density at radius 1 is 1.25 bits per heavy atom. The number of amides is 1. The number of methoxy groups -OCH3 is 1. The van der Waals surface area contributed by atoms with Crippen molar-refractivity contribution >= 4 is 34.6 Å². The average Bonchev–Trinajstić information content (AvgIpc) is 2.80. The number of nitrogens with one attached hydrogen (secondary N) is 1. The molecule has 0 unspecified atom stereocenters. The Bertz CT molecular complexity index is 930. The molecule has 32 heavy (non-hydrogen) atoms. The number of benzene rings is 2. The standard InChI is InChI=1S/C23H29ClN4O4/c1-3-26(16-23(29)25-21-9-6-18(24)14-22(21)28(30)31)15-17-4-7-19(8-5-17)27-12-10-20(32-2)11-13-27/h4-9,14,20H,3,10-13,15-16H2,1-2H3,(H,25,29). The van der Waals surface area contributed by atoms with E-state index in [0.29, 0.717) is 19.2 Å². The maximum atomic E-state index is 12.5. The summed E-state index contributed by atoms with van der Waals surface area (Å²) in [6.45, 7) is 5.35. The van der Waals surface area contributed by atoms with Gasteiger partial charge in [0.05, 0.1) is 17.6 Å². The maximum Gasteiger partial charge on any atom is 0.294 e. The van der Waals surface area contributed by atoms with E-state index >= 15 is 0 Å². The minimum absolute atomic E-state index is 0.128. The van der Waals surface area contributed by atoms with Gasteiger partial charge in [0.2, 0.25) is 5.91 Å². The largest absolute Gasteiger partial charge is 0.381 e. The van der Waals surface area contributed by atoms with Crippen LogP contribution in [-0.4, -0.2) is 55.1 Å². The van der Waals surface area contributed by atoms with Crippen LogP contribution in [0.15, 0.2) is 42.5 Å². The number of halogens is 1. The molecule has 0 aromatic heterocycles. The third-order valence-electron chi connectivity index (χ3n) is 5.73. The van der Waals surface area contributed by atoms with E-state index in [4.69, 9.17) is 16.3 Å². The highest BCUT2D eigenvalue weighted by atomic mass is 35.5. The van der Waals surface area contributed by atoms with Gasteiger partial charge in [-0.15, -0.1) is 0 Å². The van der Waals surface area contributed by atoms with Crippen molar-refractivity contribution in [2.24, 2.45) is 0 Å². The Morgan fingerprint density at radius 3 is 2.53 bits per heavy atom. The molecule has 1 aliphatic heterocycles. The molecule has 1 aliphatic rings. The van der Waals surface area contributed by atoms with Gasteiger partial charge in [-0.3, -0.25) is 19.8 Å². The number of ether oxygens (including phenoxy) is 1. The van der Waals surface area contributed by atoms with Gasteiger partial charge in [0, 0.05) is 43.5 Å². The lowest BCUT2D eigenvalue weighted by molar-refractivity contribution is -0.383. The van der Waals surface area contributed by atoms with Gasteiger partial charge >= 0.3 is 0 Å². The smallest absolute Gasteiger partial charge is 0.294 e. The van der Waals surface area contributed by atoms with Crippen LogP contribution in [0, 0.1) is 10.1 Å². The molecule has 0 bridgehead atoms. The second-order valence-corrected chi connectivity index (χ2v) is 8.30. The van der Waals surface area contributed by atoms with Crippen LogP contribution >= 0.6 is 11.6 Å². The van der Waals surface area contributed by atoms with Crippen LogP contribution in [0.4, 0.5) is 17.1 Å². The summed E-state index contributed by atoms with van der Waals surface area (Å²) >= 11 is 5.83. The molecule has 0 radical (unpaired) electrons. The molecule has 8 nitrogen and oxygen atoms in total. The van der Waals surface area contributed by atoms with Crippen LogP contribution in [0.25, 0.3) is 0 Å². The Morgan fingerprint density at radius 2 is 1.94 bits per heavy atom. The van der Waals surface area contributed by atoms with Crippen LogP contribution < -0.4 is 10.2 Å². The predicted octanol–water partition coefficient (Wildman–Crippen LogP) is 4.32. The van der Waals surface area contributed by atoms with E-state index in [2.05, 4.69) is 34.5 Å². The normalized spacial score (nSPS) is 14.6. The molecule has 2 aromatic carbocycles. The molecular formula is C23H29ClN4O4. The molecule has 1 heterocycles. The molecule has 1 amide bonds. The number of piperidine rings is 1. The molecule has 0 spiro atoms. The highest BCUT2D eigenvalue weighted by Gasteiger charge is 2.20. The molecule has 2 aromatic rings. The number of nitrogens with zero attached hydrogens (tertiary/aromatic N) is 3. The first-order valence-electron chi connectivity index (χ1n) is 10.7. The van der Waals surface area contributed by atoms with Crippen molar-refractivity contribution in [3.05, 3.63) is 63.2 Å². The molecule has 0 saturated carbocycles. The van der Waals surface area contributed by atoms with E-state index in [1.165, 1.54) is 23.9 Å². The Labute approximate surface area is 193 Å². The minimum Gasteiger partial charge on any atom is -0.381 e. The summed E-state index contributed by atoms with van der Waals surface area (Å²) in [7, 11) is 1.77. The van der Waals surface area contributed by atoms with Gasteiger partial charge in [-0.05, 0) is 49.2 Å². The van der Waals surface area contributed by atoms with Crippen molar-refractivity contribution in [2.75, 3.05) is 43.5 Å². The monoisotopic (exact) mass is 460 g/mol. The molecule has 0 atom stereocenters. The lowest BCUT2D eigenvalue weighted by Gasteiger charge is -2.33. The van der Waals surface area contributed by atoms with Gasteiger partial charge in [-0.25, -0.2) is 0 Å². The number of nitro benzene ring substituents is 1. The van der Waals surface area contributed by atoms with Crippen LogP contribution in [0.5, 0.6) is 0 Å². The third-order valence-corrected chi connectivity index (χ3v) is 5.96. The van der Waals surface area contributed by atoms with Crippen molar-refractivity contribution in [1.29, 1.82) is 0 Å². The fraction of sp³-hybridized carbons (Fsp3) is 0.435. The number of anilines is 2. The van der Waals surface area contributed by atoms with Crippen molar-refractivity contribution < 1.29 is 14.5 Å². The van der Waals surface area contributed by atoms with Gasteiger partial charge in [0.15, 0.2) is 0 Å². The topological polar surface area (TPSA) is 88.0 Å². The van der Waals surface area contributed by atoms with E-state index in [9.17, 15) is 14.9 Å². The molecule has 1 N–H and O–H groups in total. The predicted molar refractivity (Wildman–Crippen MR) is 126 cm³/mol. The van der Waals surface area contributed by atoms with E-state index < -0.39 is 4.92 Å². The maximum absolute atomic E-state index is 12.5. The number of hydrogen-bond donors (Lipinski definition) is 1.